The van der Waals surface area contributed by atoms with Crippen LogP contribution in [0.1, 0.15) is 0 Å². The molecule has 0 aromatic heterocycles. The molecule has 0 rings (SSSR count). The molecule has 0 aliphatic rings. The van der Waals surface area contributed by atoms with E-state index in [1.165, 1.54) is 19.8 Å². The fourth-order valence-electron chi connectivity index (χ4n) is 0. The van der Waals surface area contributed by atoms with Crippen molar-refractivity contribution in [2.24, 2.45) is 0 Å². The van der Waals surface area contributed by atoms with Crippen molar-refractivity contribution in [3.63, 3.8) is 0 Å². The zero-order valence-corrected chi connectivity index (χ0v) is 8.34. The summed E-state index contributed by atoms with van der Waals surface area (Å²) in [7, 11) is 3.61. The van der Waals surface area contributed by atoms with E-state index in [2.05, 4.69) is 6.66 Å². The predicted molar refractivity (Wildman–Crippen MR) is 32.7 cm³/mol. The monoisotopic (exact) mass is 108 g/mol. The van der Waals surface area contributed by atoms with E-state index in [4.69, 9.17) is 0 Å². The number of hydrogen-bond acceptors (Lipinski definition) is 0. The Balaban J connectivity index is 2.32. The van der Waals surface area contributed by atoms with Gasteiger partial charge >= 0.3 is 0 Å². The minimum atomic E-state index is 0.657. The molecule has 0 radical (unpaired) electrons. The summed E-state index contributed by atoms with van der Waals surface area (Å²) in [5, 5.41) is 0. The Morgan fingerprint density at radius 1 is 1.50 bits per heavy atom. The standard InChI is InChI=1S/CH9PSi2/c1-2(3)4/h1,3-4H3. The van der Waals surface area contributed by atoms with Gasteiger partial charge in [0.1, 0.15) is 0 Å². The first kappa shape index (κ1) is 4.86. The molecule has 0 fully saturated rings. The van der Waals surface area contributed by atoms with Crippen molar-refractivity contribution in [1.29, 1.82) is 0 Å². The molecule has 0 amide bonds. The molecule has 0 saturated carbocycles. The molecule has 0 saturated heterocycles. The first-order chi connectivity index (χ1) is 1.73. The van der Waals surface area contributed by atoms with Crippen LogP contribution in [0, 0.1) is 0 Å². The molecular formula is CH9PSi2. The quantitative estimate of drug-likeness (QED) is 0.266. The Kier molecular flexibility index (Phi) is 2.58. The molecular weight excluding hydrogens is 99.2 g/mol. The van der Waals surface area contributed by atoms with Crippen LogP contribution in [0.2, 0.25) is 0 Å². The van der Waals surface area contributed by atoms with Crippen LogP contribution in [0.4, 0.5) is 0 Å². The van der Waals surface area contributed by atoms with Crippen molar-refractivity contribution in [3.05, 3.63) is 0 Å². The third kappa shape index (κ3) is 13.3. The van der Waals surface area contributed by atoms with Gasteiger partial charge in [-0.1, -0.05) is 6.66 Å². The highest BCUT2D eigenvalue weighted by Crippen LogP contribution is 2.10. The van der Waals surface area contributed by atoms with Crippen LogP contribution in [0.25, 0.3) is 0 Å². The second-order valence-corrected chi connectivity index (χ2v) is 20.1. The van der Waals surface area contributed by atoms with Gasteiger partial charge in [0.05, 0.1) is 0 Å². The maximum Gasteiger partial charge on any atom is 0.0268 e. The van der Waals surface area contributed by atoms with E-state index in [9.17, 15) is 0 Å². The average molecular weight is 108 g/mol. The summed E-state index contributed by atoms with van der Waals surface area (Å²) in [5.41, 5.74) is 0. The second kappa shape index (κ2) is 2.12. The van der Waals surface area contributed by atoms with E-state index in [1.807, 2.05) is 0 Å². The summed E-state index contributed by atoms with van der Waals surface area (Å²) in [5.74, 6) is 0. The van der Waals surface area contributed by atoms with Gasteiger partial charge in [0.25, 0.3) is 0 Å². The summed E-state index contributed by atoms with van der Waals surface area (Å²) < 4.78 is 0. The summed E-state index contributed by atoms with van der Waals surface area (Å²) in [4.78, 5) is 0. The van der Waals surface area contributed by atoms with E-state index in [-0.39, 0.29) is 0 Å². The number of hydrogen-bond donors (Lipinski definition) is 0. The highest BCUT2D eigenvalue weighted by atomic mass is 31.6. The normalized spacial score (nSPS) is 17.2. The third-order valence-corrected chi connectivity index (χ3v) is 0. The predicted octanol–water partition coefficient (Wildman–Crippen LogP) is -1.34. The molecule has 4 heavy (non-hydrogen) atoms. The molecule has 0 spiro atoms. The summed E-state index contributed by atoms with van der Waals surface area (Å²) in [6.45, 7) is 2.35. The van der Waals surface area contributed by atoms with Crippen molar-refractivity contribution in [3.8, 4) is 0 Å². The minimum absolute atomic E-state index is 0.657. The van der Waals surface area contributed by atoms with Crippen molar-refractivity contribution in [1.82, 2.24) is 0 Å². The lowest BCUT2D eigenvalue weighted by atomic mass is 12.0. The van der Waals surface area contributed by atoms with Gasteiger partial charge in [-0.05, 0) is 0 Å². The lowest BCUT2D eigenvalue weighted by molar-refractivity contribution is 2.49. The molecule has 0 unspecified atom stereocenters. The zero-order valence-electron chi connectivity index (χ0n) is 3.45. The lowest BCUT2D eigenvalue weighted by Crippen LogP contribution is -1.56. The van der Waals surface area contributed by atoms with Crippen LogP contribution < -0.4 is 0 Å². The molecule has 0 N–H and O–H groups in total. The molecule has 26 valence electrons. The van der Waals surface area contributed by atoms with E-state index < -0.39 is 0 Å². The molecule has 0 nitrogen and oxygen atoms in total. The first-order valence-corrected chi connectivity index (χ1v) is 9.39. The van der Waals surface area contributed by atoms with Gasteiger partial charge in [-0.15, -0.1) is 0 Å². The second-order valence-electron chi connectivity index (χ2n) is 1.34. The largest absolute Gasteiger partial charge is 0.153 e. The Morgan fingerprint density at radius 2 is 1.50 bits per heavy atom. The SMILES string of the molecule is CP([SiH3])[SiH3]. The van der Waals surface area contributed by atoms with Gasteiger partial charge in [0.15, 0.2) is 0 Å². The first-order valence-electron chi connectivity index (χ1n) is 1.34. The highest BCUT2D eigenvalue weighted by Gasteiger charge is 1.66. The summed E-state index contributed by atoms with van der Waals surface area (Å²) >= 11 is 0. The maximum absolute atomic E-state index is 2.35. The minimum Gasteiger partial charge on any atom is -0.153 e. The zero-order chi connectivity index (χ0) is 3.58. The van der Waals surface area contributed by atoms with Gasteiger partial charge < -0.3 is 0 Å². The topological polar surface area (TPSA) is 0 Å². The highest BCUT2D eigenvalue weighted by molar-refractivity contribution is 8.00. The number of rotatable bonds is 0. The smallest absolute Gasteiger partial charge is 0.0268 e. The fraction of sp³-hybridized carbons (Fsp3) is 1.00. The van der Waals surface area contributed by atoms with E-state index in [1.54, 1.807) is 0 Å². The summed E-state index contributed by atoms with van der Waals surface area (Å²) in [6.07, 6.45) is 0. The van der Waals surface area contributed by atoms with Crippen molar-refractivity contribution in [2.75, 3.05) is 6.66 Å². The van der Waals surface area contributed by atoms with E-state index in [0.717, 1.165) is 0 Å². The average Bonchev–Trinajstić information content (AvgIpc) is 0.811. The molecule has 0 aromatic carbocycles. The van der Waals surface area contributed by atoms with Gasteiger partial charge in [0, 0.05) is 19.8 Å². The molecule has 0 atom stereocenters. The van der Waals surface area contributed by atoms with E-state index >= 15 is 0 Å². The maximum atomic E-state index is 2.35. The van der Waals surface area contributed by atoms with Crippen molar-refractivity contribution >= 4 is 26.8 Å². The van der Waals surface area contributed by atoms with Crippen LogP contribution in [0.15, 0.2) is 0 Å². The van der Waals surface area contributed by atoms with Crippen LogP contribution in [0.5, 0.6) is 0 Å². The molecule has 0 aliphatic heterocycles. The Labute approximate surface area is 34.3 Å². The molecule has 3 heteroatoms. The lowest BCUT2D eigenvalue weighted by Gasteiger charge is -1.81. The third-order valence-electron chi connectivity index (χ3n) is 0. The van der Waals surface area contributed by atoms with Crippen LogP contribution >= 0.6 is 7.02 Å². The van der Waals surface area contributed by atoms with E-state index in [0.29, 0.717) is 7.02 Å². The van der Waals surface area contributed by atoms with Gasteiger partial charge in [-0.3, -0.25) is 0 Å². The van der Waals surface area contributed by atoms with Gasteiger partial charge in [0.2, 0.25) is 0 Å². The van der Waals surface area contributed by atoms with Crippen molar-refractivity contribution in [2.45, 2.75) is 0 Å². The molecule has 0 bridgehead atoms. The van der Waals surface area contributed by atoms with Crippen LogP contribution in [-0.4, -0.2) is 26.5 Å². The van der Waals surface area contributed by atoms with Gasteiger partial charge in [-0.25, -0.2) is 0 Å². The van der Waals surface area contributed by atoms with Crippen LogP contribution in [-0.2, 0) is 0 Å². The fourth-order valence-corrected chi connectivity index (χ4v) is 0. The molecule has 0 heterocycles. The Hall–Kier alpha value is 0.864. The molecule has 0 aromatic rings. The van der Waals surface area contributed by atoms with Crippen molar-refractivity contribution < 1.29 is 0 Å². The Morgan fingerprint density at radius 3 is 1.50 bits per heavy atom. The van der Waals surface area contributed by atoms with Gasteiger partial charge in [-0.2, -0.15) is 7.02 Å². The Bertz CT molecular complexity index is 10.8. The summed E-state index contributed by atoms with van der Waals surface area (Å²) in [6, 6.07) is 0. The molecule has 0 aliphatic carbocycles. The van der Waals surface area contributed by atoms with Crippen LogP contribution in [0.3, 0.4) is 0 Å².